The van der Waals surface area contributed by atoms with Crippen LogP contribution in [-0.4, -0.2) is 42.2 Å². The van der Waals surface area contributed by atoms with Crippen molar-refractivity contribution in [2.75, 3.05) is 27.3 Å². The molecule has 30 heavy (non-hydrogen) atoms. The van der Waals surface area contributed by atoms with Crippen LogP contribution in [0.15, 0.2) is 59.4 Å². The SMILES string of the molecule is COc1ccc([C@@H]2CN(Cc3cccc(OC)c3)C[C@H]2c2cc(=O)[nH]c(C)n2)cc1. The lowest BCUT2D eigenvalue weighted by atomic mass is 9.86. The molecule has 0 unspecified atom stereocenters. The van der Waals surface area contributed by atoms with Gasteiger partial charge in [0.1, 0.15) is 17.3 Å². The number of hydrogen-bond donors (Lipinski definition) is 1. The van der Waals surface area contributed by atoms with Crippen molar-refractivity contribution in [2.45, 2.75) is 25.3 Å². The van der Waals surface area contributed by atoms with Gasteiger partial charge in [0, 0.05) is 37.5 Å². The molecule has 0 amide bonds. The molecule has 2 aromatic carbocycles. The third-order valence-electron chi connectivity index (χ3n) is 5.74. The molecule has 6 heteroatoms. The van der Waals surface area contributed by atoms with E-state index in [2.05, 4.69) is 39.1 Å². The van der Waals surface area contributed by atoms with Crippen LogP contribution in [0.1, 0.15) is 34.5 Å². The number of hydrogen-bond acceptors (Lipinski definition) is 5. The molecule has 0 radical (unpaired) electrons. The Bertz CT molecular complexity index is 1060. The summed E-state index contributed by atoms with van der Waals surface area (Å²) >= 11 is 0. The third kappa shape index (κ3) is 4.39. The zero-order chi connectivity index (χ0) is 21.1. The lowest BCUT2D eigenvalue weighted by Gasteiger charge is -2.19. The Hall–Kier alpha value is -3.12. The number of nitrogens with one attached hydrogen (secondary N) is 1. The summed E-state index contributed by atoms with van der Waals surface area (Å²) in [4.78, 5) is 21.9. The Morgan fingerprint density at radius 1 is 1.00 bits per heavy atom. The van der Waals surface area contributed by atoms with Gasteiger partial charge in [0.05, 0.1) is 19.9 Å². The van der Waals surface area contributed by atoms with Crippen LogP contribution < -0.4 is 15.0 Å². The van der Waals surface area contributed by atoms with Crippen LogP contribution in [0.2, 0.25) is 0 Å². The Morgan fingerprint density at radius 2 is 1.73 bits per heavy atom. The van der Waals surface area contributed by atoms with E-state index in [1.807, 2.05) is 31.2 Å². The van der Waals surface area contributed by atoms with E-state index in [-0.39, 0.29) is 17.4 Å². The van der Waals surface area contributed by atoms with E-state index < -0.39 is 0 Å². The summed E-state index contributed by atoms with van der Waals surface area (Å²) < 4.78 is 10.7. The predicted molar refractivity (Wildman–Crippen MR) is 116 cm³/mol. The molecule has 0 spiro atoms. The fourth-order valence-corrected chi connectivity index (χ4v) is 4.32. The van der Waals surface area contributed by atoms with Crippen LogP contribution in [0.4, 0.5) is 0 Å². The van der Waals surface area contributed by atoms with Crippen molar-refractivity contribution in [1.82, 2.24) is 14.9 Å². The molecule has 1 aliphatic rings. The molecule has 4 rings (SSSR count). The number of aromatic amines is 1. The Morgan fingerprint density at radius 3 is 2.43 bits per heavy atom. The highest BCUT2D eigenvalue weighted by atomic mass is 16.5. The van der Waals surface area contributed by atoms with E-state index in [4.69, 9.17) is 9.47 Å². The van der Waals surface area contributed by atoms with Crippen molar-refractivity contribution in [3.05, 3.63) is 87.6 Å². The van der Waals surface area contributed by atoms with Crippen molar-refractivity contribution in [3.8, 4) is 11.5 Å². The first-order valence-corrected chi connectivity index (χ1v) is 10.1. The normalized spacial score (nSPS) is 19.0. The summed E-state index contributed by atoms with van der Waals surface area (Å²) in [5, 5.41) is 0. The maximum Gasteiger partial charge on any atom is 0.251 e. The van der Waals surface area contributed by atoms with E-state index in [9.17, 15) is 4.79 Å². The van der Waals surface area contributed by atoms with Gasteiger partial charge in [0.25, 0.3) is 5.56 Å². The third-order valence-corrected chi connectivity index (χ3v) is 5.74. The summed E-state index contributed by atoms with van der Waals surface area (Å²) in [5.41, 5.74) is 3.19. The minimum atomic E-state index is -0.0998. The molecule has 3 aromatic rings. The molecule has 2 heterocycles. The largest absolute Gasteiger partial charge is 0.497 e. The topological polar surface area (TPSA) is 67.5 Å². The monoisotopic (exact) mass is 405 g/mol. The summed E-state index contributed by atoms with van der Waals surface area (Å²) in [6, 6.07) is 18.0. The molecule has 0 bridgehead atoms. The van der Waals surface area contributed by atoms with Gasteiger partial charge in [-0.15, -0.1) is 0 Å². The second-order valence-electron chi connectivity index (χ2n) is 7.79. The molecule has 156 valence electrons. The van der Waals surface area contributed by atoms with Crippen LogP contribution >= 0.6 is 0 Å². The number of likely N-dealkylation sites (tertiary alicyclic amines) is 1. The number of methoxy groups -OCH3 is 2. The second kappa shape index (κ2) is 8.71. The number of aryl methyl sites for hydroxylation is 1. The quantitative estimate of drug-likeness (QED) is 0.680. The zero-order valence-corrected chi connectivity index (χ0v) is 17.6. The van der Waals surface area contributed by atoms with E-state index in [0.717, 1.165) is 36.8 Å². The highest BCUT2D eigenvalue weighted by Crippen LogP contribution is 2.39. The van der Waals surface area contributed by atoms with Gasteiger partial charge >= 0.3 is 0 Å². The van der Waals surface area contributed by atoms with Gasteiger partial charge in [-0.2, -0.15) is 0 Å². The number of benzene rings is 2. The van der Waals surface area contributed by atoms with Gasteiger partial charge in [-0.25, -0.2) is 4.98 Å². The van der Waals surface area contributed by atoms with Crippen LogP contribution in [0.25, 0.3) is 0 Å². The standard InChI is InChI=1S/C24H27N3O3/c1-16-25-23(12-24(28)26-16)22-15-27(13-17-5-4-6-20(11-17)30-3)14-21(22)18-7-9-19(29-2)10-8-18/h4-12,21-22H,13-15H2,1-3H3,(H,25,26,28)/t21-,22+/m0/s1. The molecule has 0 aliphatic carbocycles. The van der Waals surface area contributed by atoms with Crippen LogP contribution in [-0.2, 0) is 6.54 Å². The summed E-state index contributed by atoms with van der Waals surface area (Å²) in [6.07, 6.45) is 0. The molecule has 6 nitrogen and oxygen atoms in total. The Balaban J connectivity index is 1.64. The van der Waals surface area contributed by atoms with Gasteiger partial charge < -0.3 is 14.5 Å². The first-order chi connectivity index (χ1) is 14.6. The van der Waals surface area contributed by atoms with Crippen molar-refractivity contribution in [3.63, 3.8) is 0 Å². The van der Waals surface area contributed by atoms with E-state index in [1.165, 1.54) is 11.1 Å². The summed E-state index contributed by atoms with van der Waals surface area (Å²) in [5.74, 6) is 2.74. The number of aromatic nitrogens is 2. The number of rotatable bonds is 6. The molecule has 0 saturated carbocycles. The number of H-pyrrole nitrogens is 1. The van der Waals surface area contributed by atoms with Crippen molar-refractivity contribution < 1.29 is 9.47 Å². The zero-order valence-electron chi connectivity index (χ0n) is 17.6. The Labute approximate surface area is 176 Å². The maximum absolute atomic E-state index is 12.1. The van der Waals surface area contributed by atoms with Gasteiger partial charge in [-0.1, -0.05) is 24.3 Å². The van der Waals surface area contributed by atoms with Crippen molar-refractivity contribution in [1.29, 1.82) is 0 Å². The minimum absolute atomic E-state index is 0.0998. The minimum Gasteiger partial charge on any atom is -0.497 e. The van der Waals surface area contributed by atoms with Gasteiger partial charge in [-0.3, -0.25) is 9.69 Å². The van der Waals surface area contributed by atoms with E-state index in [0.29, 0.717) is 5.82 Å². The van der Waals surface area contributed by atoms with Crippen LogP contribution in [0.3, 0.4) is 0 Å². The first-order valence-electron chi connectivity index (χ1n) is 10.1. The first kappa shape index (κ1) is 20.2. The smallest absolute Gasteiger partial charge is 0.251 e. The van der Waals surface area contributed by atoms with E-state index >= 15 is 0 Å². The summed E-state index contributed by atoms with van der Waals surface area (Å²) in [6.45, 7) is 4.38. The predicted octanol–water partition coefficient (Wildman–Crippen LogP) is 3.48. The molecular formula is C24H27N3O3. The highest BCUT2D eigenvalue weighted by molar-refractivity contribution is 5.34. The molecule has 1 saturated heterocycles. The number of nitrogens with zero attached hydrogens (tertiary/aromatic N) is 2. The molecule has 1 N–H and O–H groups in total. The van der Waals surface area contributed by atoms with Crippen LogP contribution in [0.5, 0.6) is 11.5 Å². The summed E-state index contributed by atoms with van der Waals surface area (Å²) in [7, 11) is 3.36. The molecular weight excluding hydrogens is 378 g/mol. The lowest BCUT2D eigenvalue weighted by molar-refractivity contribution is 0.322. The van der Waals surface area contributed by atoms with Gasteiger partial charge in [0.2, 0.25) is 0 Å². The fraction of sp³-hybridized carbons (Fsp3) is 0.333. The second-order valence-corrected chi connectivity index (χ2v) is 7.79. The average Bonchev–Trinajstić information content (AvgIpc) is 3.17. The van der Waals surface area contributed by atoms with Crippen molar-refractivity contribution in [2.24, 2.45) is 0 Å². The van der Waals surface area contributed by atoms with Gasteiger partial charge in [0.15, 0.2) is 0 Å². The lowest BCUT2D eigenvalue weighted by Crippen LogP contribution is -2.20. The average molecular weight is 405 g/mol. The number of ether oxygens (including phenoxy) is 2. The highest BCUT2D eigenvalue weighted by Gasteiger charge is 2.36. The van der Waals surface area contributed by atoms with Gasteiger partial charge in [-0.05, 0) is 42.3 Å². The van der Waals surface area contributed by atoms with E-state index in [1.54, 1.807) is 20.3 Å². The van der Waals surface area contributed by atoms with Crippen molar-refractivity contribution >= 4 is 0 Å². The maximum atomic E-state index is 12.1. The Kier molecular flexibility index (Phi) is 5.86. The molecule has 1 aliphatic heterocycles. The molecule has 2 atom stereocenters. The fourth-order valence-electron chi connectivity index (χ4n) is 4.32. The molecule has 1 aromatic heterocycles. The molecule has 1 fully saturated rings. The van der Waals surface area contributed by atoms with Crippen LogP contribution in [0, 0.1) is 6.92 Å².